The zero-order valence-electron chi connectivity index (χ0n) is 8.84. The van der Waals surface area contributed by atoms with Crippen molar-refractivity contribution in [1.29, 1.82) is 0 Å². The largest absolute Gasteiger partial charge is 0.309 e. The van der Waals surface area contributed by atoms with Crippen molar-refractivity contribution in [3.63, 3.8) is 0 Å². The van der Waals surface area contributed by atoms with E-state index in [-0.39, 0.29) is 5.69 Å². The summed E-state index contributed by atoms with van der Waals surface area (Å²) in [6.07, 6.45) is 1.62. The van der Waals surface area contributed by atoms with Gasteiger partial charge in [0.15, 0.2) is 5.69 Å². The van der Waals surface area contributed by atoms with Crippen molar-refractivity contribution in [2.45, 2.75) is 6.54 Å². The smallest absolute Gasteiger partial charge is 0.280 e. The lowest BCUT2D eigenvalue weighted by Gasteiger charge is -2.05. The van der Waals surface area contributed by atoms with Gasteiger partial charge in [-0.25, -0.2) is 0 Å². The summed E-state index contributed by atoms with van der Waals surface area (Å²) < 4.78 is 1.43. The first kappa shape index (κ1) is 11.5. The van der Waals surface area contributed by atoms with Crippen LogP contribution < -0.4 is 5.56 Å². The number of aromatic nitrogens is 1. The maximum absolute atomic E-state index is 11.7. The number of halogens is 1. The summed E-state index contributed by atoms with van der Waals surface area (Å²) in [5, 5.41) is 3.33. The van der Waals surface area contributed by atoms with Crippen LogP contribution in [0.4, 0.5) is 5.69 Å². The van der Waals surface area contributed by atoms with Gasteiger partial charge in [-0.05, 0) is 35.0 Å². The Morgan fingerprint density at radius 2 is 1.88 bits per heavy atom. The fourth-order valence-corrected chi connectivity index (χ4v) is 1.63. The van der Waals surface area contributed by atoms with Crippen molar-refractivity contribution >= 4 is 17.3 Å². The minimum Gasteiger partial charge on any atom is -0.309 e. The molecule has 0 aliphatic heterocycles. The van der Waals surface area contributed by atoms with Gasteiger partial charge >= 0.3 is 0 Å². The van der Waals surface area contributed by atoms with Gasteiger partial charge in [0.1, 0.15) is 0 Å². The van der Waals surface area contributed by atoms with Crippen LogP contribution in [0.2, 0.25) is 5.02 Å². The molecule has 0 fully saturated rings. The predicted octanol–water partition coefficient (Wildman–Crippen LogP) is 2.95. The van der Waals surface area contributed by atoms with Crippen molar-refractivity contribution in [2.75, 3.05) is 0 Å². The molecule has 0 saturated heterocycles. The standard InChI is InChI=1S/C12H9ClN2O2/c13-10-5-3-9(4-6-10)8-15-7-1-2-11(14-17)12(15)16/h1-7H,8H2. The van der Waals surface area contributed by atoms with E-state index >= 15 is 0 Å². The Bertz CT molecular complexity index is 590. The molecule has 1 aromatic heterocycles. The zero-order chi connectivity index (χ0) is 12.3. The molecule has 0 amide bonds. The van der Waals surface area contributed by atoms with E-state index in [1.807, 2.05) is 12.1 Å². The first-order valence-corrected chi connectivity index (χ1v) is 5.36. The van der Waals surface area contributed by atoms with Crippen LogP contribution in [0.5, 0.6) is 0 Å². The Morgan fingerprint density at radius 1 is 1.18 bits per heavy atom. The fourth-order valence-electron chi connectivity index (χ4n) is 1.50. The first-order chi connectivity index (χ1) is 8.20. The molecule has 4 nitrogen and oxygen atoms in total. The molecule has 2 aromatic rings. The molecule has 0 bridgehead atoms. The van der Waals surface area contributed by atoms with Crippen LogP contribution in [0, 0.1) is 4.91 Å². The molecule has 0 spiro atoms. The summed E-state index contributed by atoms with van der Waals surface area (Å²) in [5.74, 6) is 0. The number of nitrogens with zero attached hydrogens (tertiary/aromatic N) is 2. The van der Waals surface area contributed by atoms with Gasteiger partial charge in [-0.15, -0.1) is 4.91 Å². The second-order valence-electron chi connectivity index (χ2n) is 3.54. The average molecular weight is 249 g/mol. The minimum absolute atomic E-state index is 0.0820. The lowest BCUT2D eigenvalue weighted by Crippen LogP contribution is -2.19. The molecule has 0 saturated carbocycles. The van der Waals surface area contributed by atoms with Gasteiger partial charge in [0.25, 0.3) is 5.56 Å². The maximum atomic E-state index is 11.7. The molecule has 2 rings (SSSR count). The van der Waals surface area contributed by atoms with Crippen molar-refractivity contribution in [3.05, 3.63) is 68.4 Å². The van der Waals surface area contributed by atoms with Crippen LogP contribution in [-0.2, 0) is 6.54 Å². The number of hydrogen-bond acceptors (Lipinski definition) is 3. The minimum atomic E-state index is -0.391. The second kappa shape index (κ2) is 4.93. The SMILES string of the molecule is O=Nc1cccn(Cc2ccc(Cl)cc2)c1=O. The van der Waals surface area contributed by atoms with Gasteiger partial charge in [-0.1, -0.05) is 23.7 Å². The van der Waals surface area contributed by atoms with E-state index < -0.39 is 5.56 Å². The summed E-state index contributed by atoms with van der Waals surface area (Å²) in [6.45, 7) is 0.388. The zero-order valence-corrected chi connectivity index (χ0v) is 9.59. The topological polar surface area (TPSA) is 51.4 Å². The Balaban J connectivity index is 2.33. The van der Waals surface area contributed by atoms with Crippen LogP contribution in [-0.4, -0.2) is 4.57 Å². The van der Waals surface area contributed by atoms with Gasteiger partial charge in [-0.3, -0.25) is 4.79 Å². The quantitative estimate of drug-likeness (QED) is 0.784. The third-order valence-corrected chi connectivity index (χ3v) is 2.62. The molecule has 0 radical (unpaired) electrons. The number of pyridine rings is 1. The van der Waals surface area contributed by atoms with Crippen molar-refractivity contribution in [2.24, 2.45) is 5.18 Å². The Kier molecular flexibility index (Phi) is 3.35. The summed E-state index contributed by atoms with van der Waals surface area (Å²) in [5.41, 5.74) is 0.457. The number of benzene rings is 1. The number of nitroso groups, excluding NO2 is 1. The van der Waals surface area contributed by atoms with E-state index in [2.05, 4.69) is 5.18 Å². The van der Waals surface area contributed by atoms with Gasteiger partial charge in [-0.2, -0.15) is 0 Å². The maximum Gasteiger partial charge on any atom is 0.280 e. The highest BCUT2D eigenvalue weighted by molar-refractivity contribution is 6.30. The molecule has 0 aliphatic rings. The normalized spacial score (nSPS) is 10.2. The van der Waals surface area contributed by atoms with Crippen molar-refractivity contribution < 1.29 is 0 Å². The lowest BCUT2D eigenvalue weighted by molar-refractivity contribution is 0.760. The fraction of sp³-hybridized carbons (Fsp3) is 0.0833. The van der Waals surface area contributed by atoms with Crippen molar-refractivity contribution in [3.8, 4) is 0 Å². The second-order valence-corrected chi connectivity index (χ2v) is 3.98. The van der Waals surface area contributed by atoms with Crippen LogP contribution in [0.3, 0.4) is 0 Å². The molecule has 0 aliphatic carbocycles. The number of hydrogen-bond donors (Lipinski definition) is 0. The van der Waals surface area contributed by atoms with Gasteiger partial charge in [0, 0.05) is 11.2 Å². The molecule has 17 heavy (non-hydrogen) atoms. The van der Waals surface area contributed by atoms with Crippen LogP contribution >= 0.6 is 11.6 Å². The molecule has 0 N–H and O–H groups in total. The van der Waals surface area contributed by atoms with Crippen molar-refractivity contribution in [1.82, 2.24) is 4.57 Å². The Labute approximate surface area is 102 Å². The molecule has 1 aromatic carbocycles. The summed E-state index contributed by atoms with van der Waals surface area (Å²) in [4.78, 5) is 22.1. The molecule has 86 valence electrons. The summed E-state index contributed by atoms with van der Waals surface area (Å²) in [6, 6.07) is 10.2. The van der Waals surface area contributed by atoms with Crippen LogP contribution in [0.15, 0.2) is 52.6 Å². The van der Waals surface area contributed by atoms with E-state index in [0.717, 1.165) is 5.56 Å². The highest BCUT2D eigenvalue weighted by Gasteiger charge is 2.03. The molecule has 5 heteroatoms. The molecule has 0 atom stereocenters. The third kappa shape index (κ3) is 2.60. The molecule has 1 heterocycles. The average Bonchev–Trinajstić information content (AvgIpc) is 2.35. The summed E-state index contributed by atoms with van der Waals surface area (Å²) in [7, 11) is 0. The number of rotatable bonds is 3. The predicted molar refractivity (Wildman–Crippen MR) is 66.7 cm³/mol. The first-order valence-electron chi connectivity index (χ1n) is 4.98. The van der Waals surface area contributed by atoms with E-state index in [1.54, 1.807) is 24.4 Å². The van der Waals surface area contributed by atoms with Crippen LogP contribution in [0.1, 0.15) is 5.56 Å². The van der Waals surface area contributed by atoms with Crippen LogP contribution in [0.25, 0.3) is 0 Å². The molecular formula is C12H9ClN2O2. The molecular weight excluding hydrogens is 240 g/mol. The van der Waals surface area contributed by atoms with E-state index in [4.69, 9.17) is 11.6 Å². The Morgan fingerprint density at radius 3 is 2.53 bits per heavy atom. The Hall–Kier alpha value is -1.94. The van der Waals surface area contributed by atoms with Gasteiger partial charge in [0.2, 0.25) is 0 Å². The van der Waals surface area contributed by atoms with E-state index in [9.17, 15) is 9.70 Å². The lowest BCUT2D eigenvalue weighted by atomic mass is 10.2. The highest BCUT2D eigenvalue weighted by Crippen LogP contribution is 2.10. The van der Waals surface area contributed by atoms with E-state index in [1.165, 1.54) is 10.6 Å². The van der Waals surface area contributed by atoms with E-state index in [0.29, 0.717) is 11.6 Å². The summed E-state index contributed by atoms with van der Waals surface area (Å²) >= 11 is 5.77. The molecule has 0 unspecified atom stereocenters. The van der Waals surface area contributed by atoms with Gasteiger partial charge in [0.05, 0.1) is 6.54 Å². The highest BCUT2D eigenvalue weighted by atomic mass is 35.5. The monoisotopic (exact) mass is 248 g/mol. The third-order valence-electron chi connectivity index (χ3n) is 2.36. The van der Waals surface area contributed by atoms with Gasteiger partial charge < -0.3 is 4.57 Å².